The van der Waals surface area contributed by atoms with Crippen LogP contribution in [0.1, 0.15) is 10.4 Å². The fourth-order valence-corrected chi connectivity index (χ4v) is 2.02. The van der Waals surface area contributed by atoms with Gasteiger partial charge in [-0.2, -0.15) is 0 Å². The molecular formula is C17H17N3O5. The third-order valence-corrected chi connectivity index (χ3v) is 3.24. The highest BCUT2D eigenvalue weighted by molar-refractivity contribution is 5.95. The maximum Gasteiger partial charge on any atom is 0.310 e. The number of carbonyl (C=O) groups excluding carboxylic acids is 2. The Balaban J connectivity index is 1.95. The van der Waals surface area contributed by atoms with Crippen molar-refractivity contribution in [2.45, 2.75) is 0 Å². The van der Waals surface area contributed by atoms with Crippen molar-refractivity contribution in [3.8, 4) is 5.75 Å². The minimum Gasteiger partial charge on any atom is -0.477 e. The number of ether oxygens (including phenoxy) is 1. The first-order valence-corrected chi connectivity index (χ1v) is 7.36. The summed E-state index contributed by atoms with van der Waals surface area (Å²) in [5, 5.41) is 13.5. The van der Waals surface area contributed by atoms with Gasteiger partial charge in [-0.3, -0.25) is 19.7 Å². The standard InChI is InChI=1S/C17H17N3O5/c1-19(2)17(22)12-7-9-13(10-8-12)18-16(21)11-25-15-6-4-3-5-14(15)20(23)24/h3-10H,11H2,1-2H3,(H,18,21). The minimum atomic E-state index is -0.576. The second-order valence-electron chi connectivity index (χ2n) is 5.34. The van der Waals surface area contributed by atoms with Crippen LogP contribution in [-0.2, 0) is 4.79 Å². The van der Waals surface area contributed by atoms with E-state index < -0.39 is 10.8 Å². The first-order valence-electron chi connectivity index (χ1n) is 7.36. The van der Waals surface area contributed by atoms with E-state index in [1.54, 1.807) is 44.4 Å². The van der Waals surface area contributed by atoms with E-state index in [1.807, 2.05) is 0 Å². The smallest absolute Gasteiger partial charge is 0.310 e. The molecule has 0 atom stereocenters. The Morgan fingerprint density at radius 3 is 2.36 bits per heavy atom. The van der Waals surface area contributed by atoms with Crippen LogP contribution in [0.25, 0.3) is 0 Å². The van der Waals surface area contributed by atoms with Crippen molar-refractivity contribution in [1.82, 2.24) is 4.90 Å². The minimum absolute atomic E-state index is 0.0228. The van der Waals surface area contributed by atoms with Crippen LogP contribution in [0.15, 0.2) is 48.5 Å². The topological polar surface area (TPSA) is 102 Å². The molecule has 0 fully saturated rings. The average Bonchev–Trinajstić information content (AvgIpc) is 2.60. The first-order chi connectivity index (χ1) is 11.9. The van der Waals surface area contributed by atoms with Crippen molar-refractivity contribution in [3.05, 3.63) is 64.2 Å². The van der Waals surface area contributed by atoms with Gasteiger partial charge in [-0.25, -0.2) is 0 Å². The van der Waals surface area contributed by atoms with Crippen molar-refractivity contribution < 1.29 is 19.2 Å². The van der Waals surface area contributed by atoms with Gasteiger partial charge in [-0.1, -0.05) is 12.1 Å². The molecule has 1 N–H and O–H groups in total. The number of hydrogen-bond acceptors (Lipinski definition) is 5. The number of nitrogens with zero attached hydrogens (tertiary/aromatic N) is 2. The molecule has 2 aromatic carbocycles. The van der Waals surface area contributed by atoms with Crippen LogP contribution >= 0.6 is 0 Å². The Morgan fingerprint density at radius 1 is 1.12 bits per heavy atom. The summed E-state index contributed by atoms with van der Waals surface area (Å²) in [4.78, 5) is 35.5. The molecule has 130 valence electrons. The van der Waals surface area contributed by atoms with Crippen LogP contribution in [0.2, 0.25) is 0 Å². The number of nitro groups is 1. The molecule has 0 aliphatic rings. The summed E-state index contributed by atoms with van der Waals surface area (Å²) in [5.74, 6) is -0.586. The van der Waals surface area contributed by atoms with Crippen LogP contribution in [0, 0.1) is 10.1 Å². The Morgan fingerprint density at radius 2 is 1.76 bits per heavy atom. The molecule has 0 heterocycles. The van der Waals surface area contributed by atoms with E-state index in [9.17, 15) is 19.7 Å². The second-order valence-corrected chi connectivity index (χ2v) is 5.34. The third kappa shape index (κ3) is 4.77. The predicted molar refractivity (Wildman–Crippen MR) is 91.7 cm³/mol. The van der Waals surface area contributed by atoms with E-state index in [1.165, 1.54) is 23.1 Å². The zero-order valence-corrected chi connectivity index (χ0v) is 13.8. The molecule has 0 bridgehead atoms. The van der Waals surface area contributed by atoms with Gasteiger partial charge in [0.2, 0.25) is 0 Å². The molecule has 0 spiro atoms. The summed E-state index contributed by atoms with van der Waals surface area (Å²) in [7, 11) is 3.30. The second kappa shape index (κ2) is 7.91. The summed E-state index contributed by atoms with van der Waals surface area (Å²) < 4.78 is 5.21. The number of nitrogens with one attached hydrogen (secondary N) is 1. The first kappa shape index (κ1) is 17.9. The number of nitro benzene ring substituents is 1. The number of para-hydroxylation sites is 2. The number of benzene rings is 2. The van der Waals surface area contributed by atoms with Crippen LogP contribution in [0.5, 0.6) is 5.75 Å². The lowest BCUT2D eigenvalue weighted by atomic mass is 10.2. The summed E-state index contributed by atoms with van der Waals surface area (Å²) in [6, 6.07) is 12.2. The monoisotopic (exact) mass is 343 g/mol. The third-order valence-electron chi connectivity index (χ3n) is 3.24. The molecule has 8 heteroatoms. The number of rotatable bonds is 6. The van der Waals surface area contributed by atoms with E-state index in [2.05, 4.69) is 5.32 Å². The van der Waals surface area contributed by atoms with Gasteiger partial charge in [0, 0.05) is 31.4 Å². The summed E-state index contributed by atoms with van der Waals surface area (Å²) in [6.07, 6.45) is 0. The molecule has 8 nitrogen and oxygen atoms in total. The molecule has 0 saturated heterocycles. The Labute approximate surface area is 144 Å². The van der Waals surface area contributed by atoms with Gasteiger partial charge >= 0.3 is 5.69 Å². The maximum absolute atomic E-state index is 11.9. The maximum atomic E-state index is 11.9. The van der Waals surface area contributed by atoms with Gasteiger partial charge in [-0.05, 0) is 30.3 Å². The Bertz CT molecular complexity index is 787. The Hall–Kier alpha value is -3.42. The Kier molecular flexibility index (Phi) is 5.67. The zero-order chi connectivity index (χ0) is 18.4. The van der Waals surface area contributed by atoms with E-state index in [4.69, 9.17) is 4.74 Å². The molecule has 25 heavy (non-hydrogen) atoms. The fraction of sp³-hybridized carbons (Fsp3) is 0.176. The van der Waals surface area contributed by atoms with Crippen molar-refractivity contribution >= 4 is 23.2 Å². The summed E-state index contributed by atoms with van der Waals surface area (Å²) in [6.45, 7) is -0.372. The largest absolute Gasteiger partial charge is 0.477 e. The zero-order valence-electron chi connectivity index (χ0n) is 13.8. The van der Waals surface area contributed by atoms with Gasteiger partial charge in [0.05, 0.1) is 4.92 Å². The lowest BCUT2D eigenvalue weighted by Gasteiger charge is -2.11. The van der Waals surface area contributed by atoms with Gasteiger partial charge in [0.15, 0.2) is 12.4 Å². The van der Waals surface area contributed by atoms with Crippen LogP contribution < -0.4 is 10.1 Å². The lowest BCUT2D eigenvalue weighted by Crippen LogP contribution is -2.22. The number of carbonyl (C=O) groups is 2. The van der Waals surface area contributed by atoms with E-state index in [0.29, 0.717) is 11.3 Å². The van der Waals surface area contributed by atoms with Gasteiger partial charge in [0.25, 0.3) is 11.8 Å². The molecule has 2 rings (SSSR count). The summed E-state index contributed by atoms with van der Waals surface area (Å²) >= 11 is 0. The summed E-state index contributed by atoms with van der Waals surface area (Å²) in [5.41, 5.74) is 0.785. The van der Waals surface area contributed by atoms with Gasteiger partial charge in [-0.15, -0.1) is 0 Å². The van der Waals surface area contributed by atoms with Crippen molar-refractivity contribution in [2.24, 2.45) is 0 Å². The SMILES string of the molecule is CN(C)C(=O)c1ccc(NC(=O)COc2ccccc2[N+](=O)[O-])cc1. The highest BCUT2D eigenvalue weighted by Crippen LogP contribution is 2.25. The van der Waals surface area contributed by atoms with E-state index in [-0.39, 0.29) is 24.0 Å². The number of amides is 2. The molecule has 0 aliphatic carbocycles. The molecule has 2 aromatic rings. The number of anilines is 1. The lowest BCUT2D eigenvalue weighted by molar-refractivity contribution is -0.385. The highest BCUT2D eigenvalue weighted by Gasteiger charge is 2.15. The van der Waals surface area contributed by atoms with Crippen molar-refractivity contribution in [3.63, 3.8) is 0 Å². The highest BCUT2D eigenvalue weighted by atomic mass is 16.6. The van der Waals surface area contributed by atoms with Crippen LogP contribution in [0.4, 0.5) is 11.4 Å². The van der Waals surface area contributed by atoms with Crippen LogP contribution in [-0.4, -0.2) is 42.3 Å². The molecule has 0 aliphatic heterocycles. The van der Waals surface area contributed by atoms with Gasteiger partial charge in [0.1, 0.15) is 0 Å². The van der Waals surface area contributed by atoms with E-state index in [0.717, 1.165) is 0 Å². The van der Waals surface area contributed by atoms with Gasteiger partial charge < -0.3 is 15.0 Å². The van der Waals surface area contributed by atoms with Crippen LogP contribution in [0.3, 0.4) is 0 Å². The molecule has 0 saturated carbocycles. The predicted octanol–water partition coefficient (Wildman–Crippen LogP) is 2.31. The fourth-order valence-electron chi connectivity index (χ4n) is 2.02. The van der Waals surface area contributed by atoms with Crippen molar-refractivity contribution in [1.29, 1.82) is 0 Å². The van der Waals surface area contributed by atoms with E-state index >= 15 is 0 Å². The molecule has 2 amide bonds. The normalized spacial score (nSPS) is 10.0. The molecule has 0 radical (unpaired) electrons. The molecular weight excluding hydrogens is 326 g/mol. The molecule has 0 aromatic heterocycles. The molecule has 0 unspecified atom stereocenters. The quantitative estimate of drug-likeness (QED) is 0.640. The van der Waals surface area contributed by atoms with Crippen molar-refractivity contribution in [2.75, 3.05) is 26.0 Å². The number of hydrogen-bond donors (Lipinski definition) is 1. The average molecular weight is 343 g/mol.